The van der Waals surface area contributed by atoms with E-state index < -0.39 is 0 Å². The van der Waals surface area contributed by atoms with Crippen LogP contribution in [0, 0.1) is 0 Å². The van der Waals surface area contributed by atoms with Crippen molar-refractivity contribution in [1.29, 1.82) is 0 Å². The molecule has 0 N–H and O–H groups in total. The molecule has 0 atom stereocenters. The molecule has 1 aromatic heterocycles. The van der Waals surface area contributed by atoms with Gasteiger partial charge in [-0.1, -0.05) is 28.9 Å². The highest BCUT2D eigenvalue weighted by Gasteiger charge is 2.44. The molecule has 3 amide bonds. The predicted molar refractivity (Wildman–Crippen MR) is 80.4 cm³/mol. The van der Waals surface area contributed by atoms with Gasteiger partial charge >= 0.3 is 6.03 Å². The van der Waals surface area contributed by atoms with Gasteiger partial charge in [-0.3, -0.25) is 9.69 Å². The van der Waals surface area contributed by atoms with Gasteiger partial charge in [-0.2, -0.15) is 4.98 Å². The van der Waals surface area contributed by atoms with Gasteiger partial charge in [-0.15, -0.1) is 0 Å². The van der Waals surface area contributed by atoms with Crippen molar-refractivity contribution < 1.29 is 14.1 Å². The molecule has 2 aliphatic rings. The zero-order valence-corrected chi connectivity index (χ0v) is 12.9. The molecule has 8 heteroatoms. The highest BCUT2D eigenvalue weighted by atomic mass is 35.5. The molecular formula is C15H13ClN4O3. The average Bonchev–Trinajstić information content (AvgIpc) is 3.20. The van der Waals surface area contributed by atoms with Crippen LogP contribution in [0.1, 0.15) is 18.7 Å². The Hall–Kier alpha value is -2.41. The number of urea groups is 1. The van der Waals surface area contributed by atoms with Gasteiger partial charge in [0.15, 0.2) is 0 Å². The maximum atomic E-state index is 12.2. The number of amides is 3. The molecule has 1 aliphatic heterocycles. The fourth-order valence-electron chi connectivity index (χ4n) is 2.59. The minimum absolute atomic E-state index is 0.00550. The normalized spacial score (nSPS) is 18.1. The Morgan fingerprint density at radius 1 is 1.30 bits per heavy atom. The molecule has 0 spiro atoms. The van der Waals surface area contributed by atoms with Crippen molar-refractivity contribution in [3.05, 3.63) is 35.2 Å². The fourth-order valence-corrected chi connectivity index (χ4v) is 2.78. The highest BCUT2D eigenvalue weighted by molar-refractivity contribution is 6.30. The number of aromatic nitrogens is 2. The van der Waals surface area contributed by atoms with Crippen LogP contribution in [0.15, 0.2) is 28.8 Å². The number of hydrogen-bond acceptors (Lipinski definition) is 5. The number of imide groups is 1. The summed E-state index contributed by atoms with van der Waals surface area (Å²) in [6, 6.07) is 6.99. The largest absolute Gasteiger partial charge is 0.337 e. The van der Waals surface area contributed by atoms with Crippen molar-refractivity contribution in [2.75, 3.05) is 6.54 Å². The summed E-state index contributed by atoms with van der Waals surface area (Å²) in [5.41, 5.74) is 0.714. The van der Waals surface area contributed by atoms with Gasteiger partial charge in [0.05, 0.1) is 0 Å². The van der Waals surface area contributed by atoms with E-state index in [1.54, 1.807) is 23.1 Å². The molecule has 0 unspecified atom stereocenters. The molecule has 1 aromatic carbocycles. The van der Waals surface area contributed by atoms with E-state index in [2.05, 4.69) is 10.1 Å². The van der Waals surface area contributed by atoms with Crippen molar-refractivity contribution in [3.8, 4) is 11.4 Å². The summed E-state index contributed by atoms with van der Waals surface area (Å²) in [6.07, 6.45) is 1.93. The summed E-state index contributed by atoms with van der Waals surface area (Å²) in [4.78, 5) is 31.3. The quantitative estimate of drug-likeness (QED) is 0.803. The van der Waals surface area contributed by atoms with E-state index in [0.29, 0.717) is 16.4 Å². The number of carbonyl (C=O) groups is 2. The lowest BCUT2D eigenvalue weighted by Gasteiger charge is -2.14. The van der Waals surface area contributed by atoms with E-state index in [1.807, 2.05) is 6.07 Å². The van der Waals surface area contributed by atoms with E-state index in [4.69, 9.17) is 16.1 Å². The first-order valence-corrected chi connectivity index (χ1v) is 7.69. The van der Waals surface area contributed by atoms with E-state index in [1.165, 1.54) is 0 Å². The zero-order chi connectivity index (χ0) is 16.0. The number of benzene rings is 1. The van der Waals surface area contributed by atoms with Gasteiger partial charge < -0.3 is 9.42 Å². The van der Waals surface area contributed by atoms with Gasteiger partial charge in [0.2, 0.25) is 11.7 Å². The van der Waals surface area contributed by atoms with Crippen molar-refractivity contribution in [3.63, 3.8) is 0 Å². The molecular weight excluding hydrogens is 320 g/mol. The topological polar surface area (TPSA) is 79.5 Å². The minimum atomic E-state index is -0.278. The van der Waals surface area contributed by atoms with Crippen LogP contribution in [0.2, 0.25) is 5.02 Å². The molecule has 7 nitrogen and oxygen atoms in total. The van der Waals surface area contributed by atoms with Crippen molar-refractivity contribution in [2.45, 2.75) is 25.4 Å². The van der Waals surface area contributed by atoms with Gasteiger partial charge in [0, 0.05) is 16.6 Å². The Morgan fingerprint density at radius 2 is 2.13 bits per heavy atom. The Kier molecular flexibility index (Phi) is 3.30. The molecule has 23 heavy (non-hydrogen) atoms. The lowest BCUT2D eigenvalue weighted by Crippen LogP contribution is -2.33. The zero-order valence-electron chi connectivity index (χ0n) is 12.1. The van der Waals surface area contributed by atoms with Gasteiger partial charge in [-0.05, 0) is 25.0 Å². The Bertz CT molecular complexity index is 787. The number of rotatable bonds is 4. The van der Waals surface area contributed by atoms with E-state index >= 15 is 0 Å². The standard InChI is InChI=1S/C15H13ClN4O3/c16-10-3-1-2-9(6-10)14-17-12(23-18-14)7-20-13(21)8-19(15(20)22)11-4-5-11/h1-3,6,11H,4-5,7-8H2. The molecule has 2 aromatic rings. The second-order valence-corrected chi connectivity index (χ2v) is 6.08. The Balaban J connectivity index is 1.51. The maximum Gasteiger partial charge on any atom is 0.327 e. The van der Waals surface area contributed by atoms with Crippen LogP contribution in [0.25, 0.3) is 11.4 Å². The van der Waals surface area contributed by atoms with Crippen molar-refractivity contribution in [2.24, 2.45) is 0 Å². The SMILES string of the molecule is O=C1CN(C2CC2)C(=O)N1Cc1nc(-c2cccc(Cl)c2)no1. The average molecular weight is 333 g/mol. The summed E-state index contributed by atoms with van der Waals surface area (Å²) >= 11 is 5.94. The van der Waals surface area contributed by atoms with Crippen LogP contribution in [-0.4, -0.2) is 44.5 Å². The Labute approximate surface area is 136 Å². The molecule has 1 aliphatic carbocycles. The van der Waals surface area contributed by atoms with Crippen LogP contribution in [0.4, 0.5) is 4.79 Å². The molecule has 0 bridgehead atoms. The number of nitrogens with zero attached hydrogens (tertiary/aromatic N) is 4. The third-order valence-corrected chi connectivity index (χ3v) is 4.15. The number of hydrogen-bond donors (Lipinski definition) is 0. The van der Waals surface area contributed by atoms with Crippen LogP contribution >= 0.6 is 11.6 Å². The van der Waals surface area contributed by atoms with Gasteiger partial charge in [0.1, 0.15) is 13.1 Å². The second kappa shape index (κ2) is 5.34. The lowest BCUT2D eigenvalue weighted by molar-refractivity contribution is -0.126. The van der Waals surface area contributed by atoms with Gasteiger partial charge in [0.25, 0.3) is 5.91 Å². The van der Waals surface area contributed by atoms with Crippen LogP contribution in [0.5, 0.6) is 0 Å². The van der Waals surface area contributed by atoms with Crippen LogP contribution in [0.3, 0.4) is 0 Å². The first kappa shape index (κ1) is 14.2. The Morgan fingerprint density at radius 3 is 2.87 bits per heavy atom. The van der Waals surface area contributed by atoms with E-state index in [0.717, 1.165) is 17.7 Å². The summed E-state index contributed by atoms with van der Waals surface area (Å²) in [7, 11) is 0. The monoisotopic (exact) mass is 332 g/mol. The maximum absolute atomic E-state index is 12.2. The van der Waals surface area contributed by atoms with Crippen LogP contribution < -0.4 is 0 Å². The molecule has 2 fully saturated rings. The molecule has 0 radical (unpaired) electrons. The first-order valence-electron chi connectivity index (χ1n) is 7.31. The predicted octanol–water partition coefficient (Wildman–Crippen LogP) is 2.32. The van der Waals surface area contributed by atoms with Crippen molar-refractivity contribution in [1.82, 2.24) is 19.9 Å². The summed E-state index contributed by atoms with van der Waals surface area (Å²) in [5.74, 6) is 0.365. The molecule has 1 saturated carbocycles. The summed E-state index contributed by atoms with van der Waals surface area (Å²) in [5, 5.41) is 4.45. The third-order valence-electron chi connectivity index (χ3n) is 3.92. The molecule has 4 rings (SSSR count). The smallest absolute Gasteiger partial charge is 0.327 e. The number of carbonyl (C=O) groups excluding carboxylic acids is 2. The first-order chi connectivity index (χ1) is 11.1. The molecule has 1 saturated heterocycles. The molecule has 2 heterocycles. The minimum Gasteiger partial charge on any atom is -0.337 e. The highest BCUT2D eigenvalue weighted by Crippen LogP contribution is 2.30. The lowest BCUT2D eigenvalue weighted by atomic mass is 10.2. The van der Waals surface area contributed by atoms with Crippen molar-refractivity contribution >= 4 is 23.5 Å². The van der Waals surface area contributed by atoms with E-state index in [-0.39, 0.29) is 37.0 Å². The molecule has 118 valence electrons. The fraction of sp³-hybridized carbons (Fsp3) is 0.333. The summed E-state index contributed by atoms with van der Waals surface area (Å²) in [6.45, 7) is 0.132. The number of halogens is 1. The summed E-state index contributed by atoms with van der Waals surface area (Å²) < 4.78 is 5.16. The second-order valence-electron chi connectivity index (χ2n) is 5.64. The van der Waals surface area contributed by atoms with Gasteiger partial charge in [-0.25, -0.2) is 4.79 Å². The van der Waals surface area contributed by atoms with Crippen LogP contribution in [-0.2, 0) is 11.3 Å². The third kappa shape index (κ3) is 2.68. The van der Waals surface area contributed by atoms with E-state index in [9.17, 15) is 9.59 Å².